The number of thiazole rings is 1. The first-order chi connectivity index (χ1) is 10.8. The standard InChI is InChI=1S/C17H19N3OS/c21-16-17(9-13-3-1-2-4-15(13)19-16)5-7-20(8-6-17)11-14-10-18-12-22-14/h1-4,10,12H,5-9,11H2,(H,19,21). The molecule has 0 unspecified atom stereocenters. The first-order valence-electron chi connectivity index (χ1n) is 7.74. The van der Waals surface area contributed by atoms with Crippen molar-refractivity contribution >= 4 is 22.9 Å². The van der Waals surface area contributed by atoms with Crippen LogP contribution in [0.15, 0.2) is 36.0 Å². The van der Waals surface area contributed by atoms with Crippen molar-refractivity contribution in [2.24, 2.45) is 5.41 Å². The number of fused-ring (bicyclic) bond motifs is 1. The maximum atomic E-state index is 12.6. The maximum absolute atomic E-state index is 12.6. The summed E-state index contributed by atoms with van der Waals surface area (Å²) in [7, 11) is 0. The number of amides is 1. The van der Waals surface area contributed by atoms with Gasteiger partial charge in [0.1, 0.15) is 0 Å². The number of para-hydroxylation sites is 1. The summed E-state index contributed by atoms with van der Waals surface area (Å²) in [5, 5.41) is 3.12. The summed E-state index contributed by atoms with van der Waals surface area (Å²) in [6.45, 7) is 2.92. The predicted molar refractivity (Wildman–Crippen MR) is 87.8 cm³/mol. The van der Waals surface area contributed by atoms with Crippen LogP contribution in [0.1, 0.15) is 23.3 Å². The van der Waals surface area contributed by atoms with Gasteiger partial charge >= 0.3 is 0 Å². The van der Waals surface area contributed by atoms with Crippen LogP contribution in [0.3, 0.4) is 0 Å². The Kier molecular flexibility index (Phi) is 3.47. The van der Waals surface area contributed by atoms with Crippen LogP contribution < -0.4 is 5.32 Å². The van der Waals surface area contributed by atoms with E-state index in [0.29, 0.717) is 0 Å². The number of likely N-dealkylation sites (tertiary alicyclic amines) is 1. The molecule has 2 aliphatic heterocycles. The third-order valence-electron chi connectivity index (χ3n) is 4.95. The topological polar surface area (TPSA) is 45.2 Å². The Morgan fingerprint density at radius 1 is 1.27 bits per heavy atom. The number of carbonyl (C=O) groups excluding carboxylic acids is 1. The molecular weight excluding hydrogens is 294 g/mol. The summed E-state index contributed by atoms with van der Waals surface area (Å²) in [5.74, 6) is 0.212. The average Bonchev–Trinajstić information content (AvgIpc) is 3.04. The first kappa shape index (κ1) is 13.9. The smallest absolute Gasteiger partial charge is 0.231 e. The van der Waals surface area contributed by atoms with E-state index in [1.54, 1.807) is 11.3 Å². The van der Waals surface area contributed by atoms with Gasteiger partial charge < -0.3 is 5.32 Å². The Morgan fingerprint density at radius 3 is 2.86 bits per heavy atom. The number of rotatable bonds is 2. The molecule has 1 N–H and O–H groups in total. The maximum Gasteiger partial charge on any atom is 0.231 e. The lowest BCUT2D eigenvalue weighted by Gasteiger charge is -2.43. The molecule has 0 bridgehead atoms. The molecule has 2 aliphatic rings. The van der Waals surface area contributed by atoms with Gasteiger partial charge in [-0.1, -0.05) is 18.2 Å². The molecule has 0 atom stereocenters. The molecule has 114 valence electrons. The summed E-state index contributed by atoms with van der Waals surface area (Å²) >= 11 is 1.70. The molecule has 1 saturated heterocycles. The highest BCUT2D eigenvalue weighted by atomic mass is 32.1. The zero-order valence-electron chi connectivity index (χ0n) is 12.4. The number of nitrogens with one attached hydrogen (secondary N) is 1. The van der Waals surface area contributed by atoms with Crippen LogP contribution in [-0.4, -0.2) is 28.9 Å². The summed E-state index contributed by atoms with van der Waals surface area (Å²) in [6.07, 6.45) is 4.69. The second-order valence-electron chi connectivity index (χ2n) is 6.31. The minimum atomic E-state index is -0.210. The molecular formula is C17H19N3OS. The second-order valence-corrected chi connectivity index (χ2v) is 7.28. The van der Waals surface area contributed by atoms with E-state index in [0.717, 1.165) is 44.6 Å². The fourth-order valence-electron chi connectivity index (χ4n) is 3.58. The number of carbonyl (C=O) groups is 1. The van der Waals surface area contributed by atoms with E-state index in [-0.39, 0.29) is 11.3 Å². The molecule has 1 aromatic carbocycles. The number of benzene rings is 1. The molecule has 0 aliphatic carbocycles. The van der Waals surface area contributed by atoms with Crippen LogP contribution in [0, 0.1) is 5.41 Å². The number of hydrogen-bond donors (Lipinski definition) is 1. The molecule has 1 amide bonds. The third-order valence-corrected chi connectivity index (χ3v) is 5.72. The van der Waals surface area contributed by atoms with E-state index in [2.05, 4.69) is 27.3 Å². The molecule has 0 saturated carbocycles. The highest BCUT2D eigenvalue weighted by Crippen LogP contribution is 2.41. The number of anilines is 1. The molecule has 0 radical (unpaired) electrons. The lowest BCUT2D eigenvalue weighted by atomic mass is 9.71. The van der Waals surface area contributed by atoms with Crippen molar-refractivity contribution in [2.45, 2.75) is 25.8 Å². The van der Waals surface area contributed by atoms with Crippen LogP contribution in [-0.2, 0) is 17.8 Å². The fourth-order valence-corrected chi connectivity index (χ4v) is 4.22. The van der Waals surface area contributed by atoms with Gasteiger partial charge in [0.2, 0.25) is 5.91 Å². The van der Waals surface area contributed by atoms with Crippen molar-refractivity contribution in [1.29, 1.82) is 0 Å². The van der Waals surface area contributed by atoms with Gasteiger partial charge in [0, 0.05) is 23.3 Å². The zero-order valence-corrected chi connectivity index (χ0v) is 13.2. The van der Waals surface area contributed by atoms with Gasteiger partial charge in [0.05, 0.1) is 10.9 Å². The second kappa shape index (κ2) is 5.48. The van der Waals surface area contributed by atoms with Gasteiger partial charge in [0.15, 0.2) is 0 Å². The first-order valence-corrected chi connectivity index (χ1v) is 8.62. The summed E-state index contributed by atoms with van der Waals surface area (Å²) in [4.78, 5) is 20.5. The minimum absolute atomic E-state index is 0.210. The van der Waals surface area contributed by atoms with Crippen LogP contribution >= 0.6 is 11.3 Å². The Hall–Kier alpha value is -1.72. The van der Waals surface area contributed by atoms with Gasteiger partial charge in [-0.25, -0.2) is 0 Å². The van der Waals surface area contributed by atoms with E-state index in [9.17, 15) is 4.79 Å². The lowest BCUT2D eigenvalue weighted by Crippen LogP contribution is -2.49. The number of nitrogens with zero attached hydrogens (tertiary/aromatic N) is 2. The number of hydrogen-bond acceptors (Lipinski definition) is 4. The van der Waals surface area contributed by atoms with Crippen molar-refractivity contribution in [1.82, 2.24) is 9.88 Å². The van der Waals surface area contributed by atoms with E-state index in [1.807, 2.05) is 23.8 Å². The van der Waals surface area contributed by atoms with Crippen molar-refractivity contribution in [3.8, 4) is 0 Å². The fraction of sp³-hybridized carbons (Fsp3) is 0.412. The van der Waals surface area contributed by atoms with Crippen molar-refractivity contribution in [3.63, 3.8) is 0 Å². The lowest BCUT2D eigenvalue weighted by molar-refractivity contribution is -0.129. The Morgan fingerprint density at radius 2 is 2.09 bits per heavy atom. The quantitative estimate of drug-likeness (QED) is 0.927. The van der Waals surface area contributed by atoms with E-state index >= 15 is 0 Å². The van der Waals surface area contributed by atoms with Gasteiger partial charge in [-0.3, -0.25) is 14.7 Å². The van der Waals surface area contributed by atoms with Crippen molar-refractivity contribution < 1.29 is 4.79 Å². The molecule has 22 heavy (non-hydrogen) atoms. The van der Waals surface area contributed by atoms with Crippen LogP contribution in [0.2, 0.25) is 0 Å². The Bertz CT molecular complexity index is 675. The van der Waals surface area contributed by atoms with E-state index in [4.69, 9.17) is 0 Å². The van der Waals surface area contributed by atoms with Gasteiger partial charge in [0.25, 0.3) is 0 Å². The predicted octanol–water partition coefficient (Wildman–Crippen LogP) is 2.92. The molecule has 3 heterocycles. The minimum Gasteiger partial charge on any atom is -0.325 e. The molecule has 2 aromatic rings. The van der Waals surface area contributed by atoms with Gasteiger partial charge in [-0.15, -0.1) is 11.3 Å². The molecule has 1 fully saturated rings. The van der Waals surface area contributed by atoms with Crippen LogP contribution in [0.5, 0.6) is 0 Å². The highest BCUT2D eigenvalue weighted by Gasteiger charge is 2.44. The molecule has 1 spiro atoms. The zero-order chi connectivity index (χ0) is 15.0. The van der Waals surface area contributed by atoms with Crippen LogP contribution in [0.4, 0.5) is 5.69 Å². The van der Waals surface area contributed by atoms with Crippen molar-refractivity contribution in [3.05, 3.63) is 46.4 Å². The highest BCUT2D eigenvalue weighted by molar-refractivity contribution is 7.09. The number of aromatic nitrogens is 1. The number of piperidine rings is 1. The molecule has 4 rings (SSSR count). The Balaban J connectivity index is 1.47. The summed E-state index contributed by atoms with van der Waals surface area (Å²) < 4.78 is 0. The third kappa shape index (κ3) is 2.44. The molecule has 1 aromatic heterocycles. The normalized spacial score (nSPS) is 20.6. The SMILES string of the molecule is O=C1Nc2ccccc2CC12CCN(Cc1cncs1)CC2. The molecule has 5 heteroatoms. The van der Waals surface area contributed by atoms with Gasteiger partial charge in [-0.05, 0) is 44.0 Å². The summed E-state index contributed by atoms with van der Waals surface area (Å²) in [5.41, 5.74) is 3.94. The van der Waals surface area contributed by atoms with Crippen molar-refractivity contribution in [2.75, 3.05) is 18.4 Å². The van der Waals surface area contributed by atoms with E-state index in [1.165, 1.54) is 10.4 Å². The Labute approximate surface area is 134 Å². The summed E-state index contributed by atoms with van der Waals surface area (Å²) in [6, 6.07) is 8.18. The monoisotopic (exact) mass is 313 g/mol. The largest absolute Gasteiger partial charge is 0.325 e. The molecule has 4 nitrogen and oxygen atoms in total. The average molecular weight is 313 g/mol. The van der Waals surface area contributed by atoms with Crippen LogP contribution in [0.25, 0.3) is 0 Å². The van der Waals surface area contributed by atoms with Gasteiger partial charge in [-0.2, -0.15) is 0 Å². The van der Waals surface area contributed by atoms with E-state index < -0.39 is 0 Å².